The zero-order chi connectivity index (χ0) is 15.2. The van der Waals surface area contributed by atoms with E-state index < -0.39 is 0 Å². The molecule has 21 heavy (non-hydrogen) atoms. The van der Waals surface area contributed by atoms with Gasteiger partial charge in [0.05, 0.1) is 6.04 Å². The van der Waals surface area contributed by atoms with E-state index in [2.05, 4.69) is 19.2 Å². The van der Waals surface area contributed by atoms with Crippen LogP contribution in [0, 0.1) is 5.82 Å². The van der Waals surface area contributed by atoms with E-state index in [1.54, 1.807) is 6.07 Å². The molecule has 0 radical (unpaired) electrons. The summed E-state index contributed by atoms with van der Waals surface area (Å²) in [5, 5.41) is 4.03. The van der Waals surface area contributed by atoms with Crippen LogP contribution in [-0.2, 0) is 12.8 Å². The molecule has 0 aliphatic rings. The highest BCUT2D eigenvalue weighted by Gasteiger charge is 2.17. The minimum absolute atomic E-state index is 0.00421. The van der Waals surface area contributed by atoms with Gasteiger partial charge in [-0.2, -0.15) is 0 Å². The molecule has 1 aromatic heterocycles. The van der Waals surface area contributed by atoms with Gasteiger partial charge in [-0.25, -0.2) is 4.39 Å². The van der Waals surface area contributed by atoms with Crippen LogP contribution < -0.4 is 5.32 Å². The summed E-state index contributed by atoms with van der Waals surface area (Å²) >= 11 is 6.17. The Balaban J connectivity index is 2.21. The lowest BCUT2D eigenvalue weighted by Crippen LogP contribution is -2.23. The Morgan fingerprint density at radius 1 is 1.24 bits per heavy atom. The summed E-state index contributed by atoms with van der Waals surface area (Å²) in [6.07, 6.45) is 2.49. The highest BCUT2D eigenvalue weighted by Crippen LogP contribution is 2.26. The summed E-state index contributed by atoms with van der Waals surface area (Å²) in [4.78, 5) is 0. The molecule has 0 aliphatic carbocycles. The summed E-state index contributed by atoms with van der Waals surface area (Å²) in [6.45, 7) is 5.04. The van der Waals surface area contributed by atoms with Gasteiger partial charge in [0, 0.05) is 11.4 Å². The molecule has 114 valence electrons. The molecule has 0 saturated heterocycles. The average Bonchev–Trinajstić information content (AvgIpc) is 2.95. The smallest absolute Gasteiger partial charge is 0.123 e. The monoisotopic (exact) mass is 309 g/mol. The van der Waals surface area contributed by atoms with E-state index in [1.807, 2.05) is 12.1 Å². The number of nitrogens with one attached hydrogen (secondary N) is 1. The molecule has 1 unspecified atom stereocenters. The third kappa shape index (κ3) is 4.32. The molecule has 0 amide bonds. The van der Waals surface area contributed by atoms with Crippen LogP contribution in [0.3, 0.4) is 0 Å². The first-order chi connectivity index (χ1) is 10.1. The predicted octanol–water partition coefficient (Wildman–Crippen LogP) is 4.92. The lowest BCUT2D eigenvalue weighted by atomic mass is 10.0. The molecule has 1 atom stereocenters. The number of benzene rings is 1. The number of hydrogen-bond acceptors (Lipinski definition) is 2. The maximum absolute atomic E-state index is 13.4. The quantitative estimate of drug-likeness (QED) is 0.785. The maximum atomic E-state index is 13.4. The molecular formula is C17H21ClFNO. The van der Waals surface area contributed by atoms with Gasteiger partial charge in [0.25, 0.3) is 0 Å². The molecule has 1 N–H and O–H groups in total. The molecular weight excluding hydrogens is 289 g/mol. The Morgan fingerprint density at radius 2 is 2.05 bits per heavy atom. The first kappa shape index (κ1) is 16.1. The lowest BCUT2D eigenvalue weighted by molar-refractivity contribution is 0.392. The van der Waals surface area contributed by atoms with E-state index in [0.29, 0.717) is 11.4 Å². The number of rotatable bonds is 7. The van der Waals surface area contributed by atoms with Crippen molar-refractivity contribution >= 4 is 11.6 Å². The van der Waals surface area contributed by atoms with Gasteiger partial charge >= 0.3 is 0 Å². The molecule has 1 heterocycles. The van der Waals surface area contributed by atoms with Gasteiger partial charge < -0.3 is 9.73 Å². The normalized spacial score (nSPS) is 12.6. The Labute approximate surface area is 130 Å². The van der Waals surface area contributed by atoms with E-state index in [0.717, 1.165) is 36.5 Å². The van der Waals surface area contributed by atoms with Crippen LogP contribution in [-0.4, -0.2) is 6.54 Å². The Hall–Kier alpha value is -1.32. The SMILES string of the molecule is CCCNC(Cc1cc(F)ccc1Cl)c1ccc(CC)o1. The third-order valence-corrected chi connectivity index (χ3v) is 3.82. The molecule has 1 aromatic carbocycles. The van der Waals surface area contributed by atoms with E-state index in [1.165, 1.54) is 12.1 Å². The van der Waals surface area contributed by atoms with Crippen molar-refractivity contribution in [2.45, 2.75) is 39.2 Å². The van der Waals surface area contributed by atoms with Crippen molar-refractivity contribution in [1.82, 2.24) is 5.32 Å². The first-order valence-electron chi connectivity index (χ1n) is 7.40. The number of hydrogen-bond donors (Lipinski definition) is 1. The zero-order valence-electron chi connectivity index (χ0n) is 12.5. The minimum Gasteiger partial charge on any atom is -0.464 e. The number of aryl methyl sites for hydroxylation is 1. The van der Waals surface area contributed by atoms with Gasteiger partial charge in [0.15, 0.2) is 0 Å². The number of halogens is 2. The van der Waals surface area contributed by atoms with Crippen LogP contribution in [0.15, 0.2) is 34.7 Å². The summed E-state index contributed by atoms with van der Waals surface area (Å²) in [5.74, 6) is 1.57. The molecule has 2 nitrogen and oxygen atoms in total. The largest absolute Gasteiger partial charge is 0.464 e. The van der Waals surface area contributed by atoms with Gasteiger partial charge in [0.1, 0.15) is 17.3 Å². The fraction of sp³-hybridized carbons (Fsp3) is 0.412. The summed E-state index contributed by atoms with van der Waals surface area (Å²) in [6, 6.07) is 8.45. The Kier molecular flexibility index (Phi) is 5.83. The van der Waals surface area contributed by atoms with Gasteiger partial charge in [-0.3, -0.25) is 0 Å². The number of furan rings is 1. The van der Waals surface area contributed by atoms with Crippen LogP contribution in [0.1, 0.15) is 43.4 Å². The molecule has 2 aromatic rings. The third-order valence-electron chi connectivity index (χ3n) is 3.45. The second-order valence-corrected chi connectivity index (χ2v) is 5.51. The van der Waals surface area contributed by atoms with E-state index in [4.69, 9.17) is 16.0 Å². The van der Waals surface area contributed by atoms with E-state index >= 15 is 0 Å². The summed E-state index contributed by atoms with van der Waals surface area (Å²) in [5.41, 5.74) is 0.791. The van der Waals surface area contributed by atoms with E-state index in [9.17, 15) is 4.39 Å². The van der Waals surface area contributed by atoms with Crippen molar-refractivity contribution in [2.75, 3.05) is 6.54 Å². The maximum Gasteiger partial charge on any atom is 0.123 e. The fourth-order valence-corrected chi connectivity index (χ4v) is 2.48. The Morgan fingerprint density at radius 3 is 2.71 bits per heavy atom. The molecule has 2 rings (SSSR count). The van der Waals surface area contributed by atoms with Gasteiger partial charge in [-0.15, -0.1) is 0 Å². The van der Waals surface area contributed by atoms with E-state index in [-0.39, 0.29) is 11.9 Å². The molecule has 0 spiro atoms. The zero-order valence-corrected chi connectivity index (χ0v) is 13.2. The van der Waals surface area contributed by atoms with Gasteiger partial charge in [0.2, 0.25) is 0 Å². The first-order valence-corrected chi connectivity index (χ1v) is 7.77. The molecule has 0 fully saturated rings. The van der Waals surface area contributed by atoms with Crippen LogP contribution >= 0.6 is 11.6 Å². The molecule has 4 heteroatoms. The Bertz CT molecular complexity index is 582. The van der Waals surface area contributed by atoms with Crippen LogP contribution in [0.2, 0.25) is 5.02 Å². The minimum atomic E-state index is -0.266. The van der Waals surface area contributed by atoms with Crippen molar-refractivity contribution in [3.8, 4) is 0 Å². The molecule has 0 saturated carbocycles. The van der Waals surface area contributed by atoms with Gasteiger partial charge in [-0.05, 0) is 55.3 Å². The molecule has 0 aliphatic heterocycles. The summed E-state index contributed by atoms with van der Waals surface area (Å²) < 4.78 is 19.2. The predicted molar refractivity (Wildman–Crippen MR) is 84.2 cm³/mol. The van der Waals surface area contributed by atoms with Crippen LogP contribution in [0.25, 0.3) is 0 Å². The second kappa shape index (κ2) is 7.62. The van der Waals surface area contributed by atoms with Gasteiger partial charge in [-0.1, -0.05) is 25.4 Å². The van der Waals surface area contributed by atoms with Crippen molar-refractivity contribution in [1.29, 1.82) is 0 Å². The van der Waals surface area contributed by atoms with Crippen LogP contribution in [0.5, 0.6) is 0 Å². The van der Waals surface area contributed by atoms with Crippen molar-refractivity contribution in [3.63, 3.8) is 0 Å². The highest BCUT2D eigenvalue weighted by molar-refractivity contribution is 6.31. The fourth-order valence-electron chi connectivity index (χ4n) is 2.28. The average molecular weight is 310 g/mol. The second-order valence-electron chi connectivity index (χ2n) is 5.10. The van der Waals surface area contributed by atoms with Crippen LogP contribution in [0.4, 0.5) is 4.39 Å². The van der Waals surface area contributed by atoms with Crippen molar-refractivity contribution in [2.24, 2.45) is 0 Å². The van der Waals surface area contributed by atoms with Crippen molar-refractivity contribution in [3.05, 3.63) is 58.3 Å². The standard InChI is InChI=1S/C17H21ClFNO/c1-3-9-20-16(17-8-6-14(4-2)21-17)11-12-10-13(19)5-7-15(12)18/h5-8,10,16,20H,3-4,9,11H2,1-2H3. The summed E-state index contributed by atoms with van der Waals surface area (Å²) in [7, 11) is 0. The van der Waals surface area contributed by atoms with Crippen molar-refractivity contribution < 1.29 is 8.81 Å². The molecule has 0 bridgehead atoms. The highest BCUT2D eigenvalue weighted by atomic mass is 35.5. The lowest BCUT2D eigenvalue weighted by Gasteiger charge is -2.17. The topological polar surface area (TPSA) is 25.2 Å².